The monoisotopic (exact) mass is 378 g/mol. The topological polar surface area (TPSA) is 58.2 Å². The number of aryl methyl sites for hydroxylation is 1. The van der Waals surface area contributed by atoms with E-state index in [9.17, 15) is 9.59 Å². The van der Waals surface area contributed by atoms with Gasteiger partial charge in [0.1, 0.15) is 0 Å². The molecule has 0 aromatic heterocycles. The van der Waals surface area contributed by atoms with Crippen molar-refractivity contribution in [3.8, 4) is 0 Å². The van der Waals surface area contributed by atoms with Gasteiger partial charge >= 0.3 is 0 Å². The molecule has 1 fully saturated rings. The van der Waals surface area contributed by atoms with Gasteiger partial charge in [-0.3, -0.25) is 9.59 Å². The summed E-state index contributed by atoms with van der Waals surface area (Å²) in [6.45, 7) is 2.04. The molecular formula is C22H22N2O2S. The quantitative estimate of drug-likeness (QED) is 0.758. The Balaban J connectivity index is 1.52. The number of thioether (sulfide) groups is 1. The maximum atomic E-state index is 12.5. The lowest BCUT2D eigenvalue weighted by molar-refractivity contribution is -0.112. The maximum Gasteiger partial charge on any atom is 0.262 e. The van der Waals surface area contributed by atoms with Crippen molar-refractivity contribution in [2.45, 2.75) is 43.5 Å². The lowest BCUT2D eigenvalue weighted by Gasteiger charge is -2.20. The van der Waals surface area contributed by atoms with Crippen LogP contribution in [-0.4, -0.2) is 17.9 Å². The Labute approximate surface area is 163 Å². The Morgan fingerprint density at radius 1 is 1.15 bits per heavy atom. The van der Waals surface area contributed by atoms with Crippen molar-refractivity contribution >= 4 is 35.3 Å². The molecule has 2 N–H and O–H groups in total. The van der Waals surface area contributed by atoms with Crippen molar-refractivity contribution in [3.63, 3.8) is 0 Å². The molecule has 1 aliphatic carbocycles. The summed E-state index contributed by atoms with van der Waals surface area (Å²) in [5, 5.41) is 6.01. The molecule has 1 saturated carbocycles. The number of fused-ring (bicyclic) bond motifs is 1. The lowest BCUT2D eigenvalue weighted by atomic mass is 10.1. The average molecular weight is 378 g/mol. The summed E-state index contributed by atoms with van der Waals surface area (Å²) in [6, 6.07) is 13.9. The van der Waals surface area contributed by atoms with Gasteiger partial charge in [-0.05, 0) is 49.6 Å². The first-order valence-electron chi connectivity index (χ1n) is 9.31. The second-order valence-electron chi connectivity index (χ2n) is 7.14. The minimum atomic E-state index is -0.138. The molecule has 2 aliphatic rings. The molecule has 1 heterocycles. The van der Waals surface area contributed by atoms with E-state index < -0.39 is 0 Å². The molecule has 2 amide bonds. The van der Waals surface area contributed by atoms with Crippen LogP contribution in [0.1, 0.15) is 47.2 Å². The number of amides is 2. The van der Waals surface area contributed by atoms with E-state index in [1.54, 1.807) is 6.07 Å². The van der Waals surface area contributed by atoms with Gasteiger partial charge in [-0.25, -0.2) is 0 Å². The number of hydrogen-bond acceptors (Lipinski definition) is 3. The van der Waals surface area contributed by atoms with Crippen LogP contribution in [0.5, 0.6) is 0 Å². The largest absolute Gasteiger partial charge is 0.349 e. The summed E-state index contributed by atoms with van der Waals surface area (Å²) in [7, 11) is 0. The van der Waals surface area contributed by atoms with E-state index in [0.29, 0.717) is 16.2 Å². The molecule has 0 saturated heterocycles. The number of anilines is 1. The number of carbonyl (C=O) groups is 2. The molecule has 27 heavy (non-hydrogen) atoms. The van der Waals surface area contributed by atoms with E-state index in [4.69, 9.17) is 0 Å². The summed E-state index contributed by atoms with van der Waals surface area (Å²) in [6.07, 6.45) is 6.35. The van der Waals surface area contributed by atoms with Crippen molar-refractivity contribution in [1.29, 1.82) is 0 Å². The molecule has 1 aliphatic heterocycles. The van der Waals surface area contributed by atoms with Crippen LogP contribution in [0.3, 0.4) is 0 Å². The van der Waals surface area contributed by atoms with Gasteiger partial charge in [-0.1, -0.05) is 54.4 Å². The van der Waals surface area contributed by atoms with Crippen LogP contribution >= 0.6 is 11.8 Å². The molecule has 0 atom stereocenters. The van der Waals surface area contributed by atoms with Crippen molar-refractivity contribution in [2.24, 2.45) is 0 Å². The Hall–Kier alpha value is -2.53. The Kier molecular flexibility index (Phi) is 5.03. The number of hydrogen-bond donors (Lipinski definition) is 2. The first-order chi connectivity index (χ1) is 13.1. The number of rotatable bonds is 3. The van der Waals surface area contributed by atoms with Crippen molar-refractivity contribution in [1.82, 2.24) is 5.32 Å². The van der Waals surface area contributed by atoms with E-state index in [-0.39, 0.29) is 17.9 Å². The molecule has 2 aromatic carbocycles. The molecule has 4 rings (SSSR count). The highest BCUT2D eigenvalue weighted by molar-refractivity contribution is 8.04. The third-order valence-electron chi connectivity index (χ3n) is 5.00. The highest BCUT2D eigenvalue weighted by atomic mass is 32.2. The van der Waals surface area contributed by atoms with Crippen molar-refractivity contribution in [2.75, 3.05) is 5.32 Å². The van der Waals surface area contributed by atoms with Gasteiger partial charge in [0.15, 0.2) is 0 Å². The Morgan fingerprint density at radius 2 is 1.89 bits per heavy atom. The van der Waals surface area contributed by atoms with Gasteiger partial charge in [0.25, 0.3) is 11.8 Å². The van der Waals surface area contributed by atoms with Gasteiger partial charge in [0.05, 0.1) is 10.6 Å². The number of carbonyl (C=O) groups excluding carboxylic acids is 2. The minimum Gasteiger partial charge on any atom is -0.349 e. The van der Waals surface area contributed by atoms with Crippen LogP contribution in [0.15, 0.2) is 52.3 Å². The molecule has 4 nitrogen and oxygen atoms in total. The Bertz CT molecular complexity index is 912. The maximum absolute atomic E-state index is 12.5. The predicted octanol–water partition coefficient (Wildman–Crippen LogP) is 4.75. The third-order valence-corrected chi connectivity index (χ3v) is 6.10. The van der Waals surface area contributed by atoms with Crippen LogP contribution in [0.2, 0.25) is 0 Å². The summed E-state index contributed by atoms with van der Waals surface area (Å²) in [5.41, 5.74) is 3.47. The average Bonchev–Trinajstić information content (AvgIpc) is 3.17. The molecule has 5 heteroatoms. The van der Waals surface area contributed by atoms with E-state index in [1.807, 2.05) is 49.4 Å². The SMILES string of the molecule is Cc1ccc(C=C2Sc3ccc(C(=O)NC4CCCC4)cc3NC2=O)cc1. The minimum absolute atomic E-state index is 0.0649. The second kappa shape index (κ2) is 7.61. The summed E-state index contributed by atoms with van der Waals surface area (Å²) >= 11 is 1.43. The molecule has 0 spiro atoms. The molecule has 138 valence electrons. The fourth-order valence-electron chi connectivity index (χ4n) is 3.45. The highest BCUT2D eigenvalue weighted by Crippen LogP contribution is 2.39. The van der Waals surface area contributed by atoms with E-state index in [2.05, 4.69) is 10.6 Å². The van der Waals surface area contributed by atoms with Crippen molar-refractivity contribution < 1.29 is 9.59 Å². The van der Waals surface area contributed by atoms with Crippen LogP contribution in [0.25, 0.3) is 6.08 Å². The van der Waals surface area contributed by atoms with Gasteiger partial charge in [0, 0.05) is 16.5 Å². The first-order valence-corrected chi connectivity index (χ1v) is 10.1. The van der Waals surface area contributed by atoms with Gasteiger partial charge in [-0.2, -0.15) is 0 Å². The fourth-order valence-corrected chi connectivity index (χ4v) is 4.39. The fraction of sp³-hybridized carbons (Fsp3) is 0.273. The normalized spacial score (nSPS) is 18.3. The lowest BCUT2D eigenvalue weighted by Crippen LogP contribution is -2.32. The van der Waals surface area contributed by atoms with Gasteiger partial charge in [-0.15, -0.1) is 0 Å². The Morgan fingerprint density at radius 3 is 2.63 bits per heavy atom. The molecule has 0 bridgehead atoms. The van der Waals surface area contributed by atoms with E-state index in [1.165, 1.54) is 30.2 Å². The molecular weight excluding hydrogens is 356 g/mol. The number of nitrogens with one attached hydrogen (secondary N) is 2. The predicted molar refractivity (Wildman–Crippen MR) is 110 cm³/mol. The van der Waals surface area contributed by atoms with Crippen LogP contribution in [-0.2, 0) is 4.79 Å². The third kappa shape index (κ3) is 4.08. The van der Waals surface area contributed by atoms with Crippen molar-refractivity contribution in [3.05, 3.63) is 64.1 Å². The van der Waals surface area contributed by atoms with Gasteiger partial charge in [0.2, 0.25) is 0 Å². The van der Waals surface area contributed by atoms with Crippen LogP contribution in [0.4, 0.5) is 5.69 Å². The van der Waals surface area contributed by atoms with E-state index >= 15 is 0 Å². The zero-order valence-corrected chi connectivity index (χ0v) is 16.1. The standard InChI is InChI=1S/C22H22N2O2S/c1-14-6-8-15(9-7-14)12-20-22(26)24-18-13-16(10-11-19(18)27-20)21(25)23-17-4-2-3-5-17/h6-13,17H,2-5H2,1H3,(H,23,25)(H,24,26). The molecule has 0 unspecified atom stereocenters. The van der Waals surface area contributed by atoms with Gasteiger partial charge < -0.3 is 10.6 Å². The molecule has 0 radical (unpaired) electrons. The van der Waals surface area contributed by atoms with Crippen LogP contribution < -0.4 is 10.6 Å². The zero-order valence-electron chi connectivity index (χ0n) is 15.2. The zero-order chi connectivity index (χ0) is 18.8. The van der Waals surface area contributed by atoms with Crippen LogP contribution in [0, 0.1) is 6.92 Å². The first kappa shape index (κ1) is 17.9. The number of benzene rings is 2. The summed E-state index contributed by atoms with van der Waals surface area (Å²) in [4.78, 5) is 26.5. The van der Waals surface area contributed by atoms with E-state index in [0.717, 1.165) is 23.3 Å². The highest BCUT2D eigenvalue weighted by Gasteiger charge is 2.23. The summed E-state index contributed by atoms with van der Waals surface area (Å²) < 4.78 is 0. The molecule has 2 aromatic rings. The smallest absolute Gasteiger partial charge is 0.262 e. The second-order valence-corrected chi connectivity index (χ2v) is 8.23. The summed E-state index contributed by atoms with van der Waals surface area (Å²) in [5.74, 6) is -0.202.